The van der Waals surface area contributed by atoms with Crippen LogP contribution in [0.3, 0.4) is 0 Å². The van der Waals surface area contributed by atoms with E-state index in [-0.39, 0.29) is 22.6 Å². The summed E-state index contributed by atoms with van der Waals surface area (Å²) in [6.45, 7) is 19.6. The highest BCUT2D eigenvalue weighted by atomic mass is 32.2. The van der Waals surface area contributed by atoms with Crippen molar-refractivity contribution in [2.24, 2.45) is 4.99 Å². The first kappa shape index (κ1) is 48.0. The quantitative estimate of drug-likeness (QED) is 0.0225. The summed E-state index contributed by atoms with van der Waals surface area (Å²) >= 11 is 4.59. The minimum atomic E-state index is -0.370. The first-order valence-electron chi connectivity index (χ1n) is 23.1. The van der Waals surface area contributed by atoms with Crippen molar-refractivity contribution in [3.05, 3.63) is 137 Å². The molecule has 6 nitrogen and oxygen atoms in total. The van der Waals surface area contributed by atoms with Gasteiger partial charge in [0, 0.05) is 46.4 Å². The third-order valence-corrected chi connectivity index (χ3v) is 15.1. The molecule has 0 bridgehead atoms. The van der Waals surface area contributed by atoms with E-state index < -0.39 is 0 Å². The minimum absolute atomic E-state index is 0.109. The molecule has 0 aliphatic carbocycles. The average Bonchev–Trinajstić information content (AvgIpc) is 3.82. The number of benzene rings is 4. The zero-order valence-electron chi connectivity index (χ0n) is 38.7. The highest BCUT2D eigenvalue weighted by Gasteiger charge is 2.40. The number of carbonyl (C=O) groups is 1. The molecule has 5 aromatic rings. The second kappa shape index (κ2) is 23.5. The van der Waals surface area contributed by atoms with Gasteiger partial charge in [-0.2, -0.15) is 0 Å². The van der Waals surface area contributed by atoms with Gasteiger partial charge in [-0.1, -0.05) is 187 Å². The lowest BCUT2D eigenvalue weighted by Gasteiger charge is -2.27. The summed E-state index contributed by atoms with van der Waals surface area (Å²) in [5.74, 6) is -0.128. The number of anilines is 1. The van der Waals surface area contributed by atoms with Gasteiger partial charge in [-0.15, -0.1) is 10.2 Å². The summed E-state index contributed by atoms with van der Waals surface area (Å²) in [4.78, 5) is 21.5. The van der Waals surface area contributed by atoms with Gasteiger partial charge in [0.2, 0.25) is 0 Å². The topological polar surface area (TPSA) is 67.7 Å². The molecule has 332 valence electrons. The summed E-state index contributed by atoms with van der Waals surface area (Å²) in [5.41, 5.74) is 7.46. The molecule has 63 heavy (non-hydrogen) atoms. The smallest absolute Gasteiger partial charge is 0.319 e. The van der Waals surface area contributed by atoms with E-state index in [9.17, 15) is 4.79 Å². The van der Waals surface area contributed by atoms with Gasteiger partial charge >= 0.3 is 5.97 Å². The number of esters is 1. The van der Waals surface area contributed by atoms with Gasteiger partial charge in [-0.25, -0.2) is 0 Å². The highest BCUT2D eigenvalue weighted by molar-refractivity contribution is 8.06. The van der Waals surface area contributed by atoms with Crippen LogP contribution in [0.5, 0.6) is 0 Å². The zero-order valence-corrected chi connectivity index (χ0v) is 41.1. The standard InChI is InChI=1S/C54H66N4O2S3/c1-9-13-16-25-42(32-34-46(55-36-14-10-2)38(5)43-29-21-26-40-23-17-19-27-44(40)43)48(62-53-57-56-52(63-53)61-39(6)51(59)60-12-4)30-22-31-49-54(7,8)50-45-28-20-18-24-41(45)33-35-47(50)58(49)37-15-11-3/h17-24,26-35,38-39H,9-16,25,36-37H2,1-8H3/b30-22+,34-32+,48-42-,49-31+,55-46?. The first-order valence-corrected chi connectivity index (χ1v) is 25.6. The van der Waals surface area contributed by atoms with Crippen LogP contribution in [-0.4, -0.2) is 46.8 Å². The van der Waals surface area contributed by atoms with Crippen molar-refractivity contribution in [3.63, 3.8) is 0 Å². The van der Waals surface area contributed by atoms with Crippen molar-refractivity contribution in [2.45, 2.75) is 132 Å². The maximum Gasteiger partial charge on any atom is 0.319 e. The van der Waals surface area contributed by atoms with Crippen LogP contribution in [0.25, 0.3) is 21.5 Å². The number of carbonyl (C=O) groups excluding carboxylic acids is 1. The van der Waals surface area contributed by atoms with Crippen LogP contribution in [0.15, 0.2) is 139 Å². The SMILES string of the molecule is CCCCCC(/C=C/C(=NCCCC)C(C)c1cccc2ccccc12)=C(\C=C\C=C1\N(CCCC)c2ccc3ccccc3c2C1(C)C)Sc1nnc(SC(C)C(=O)OCC)s1. The van der Waals surface area contributed by atoms with Gasteiger partial charge in [0.05, 0.1) is 6.61 Å². The summed E-state index contributed by atoms with van der Waals surface area (Å²) in [6.07, 6.45) is 20.2. The number of unbranched alkanes of at least 4 members (excludes halogenated alkanes) is 4. The molecule has 6 rings (SSSR count). The predicted molar refractivity (Wildman–Crippen MR) is 274 cm³/mol. The van der Waals surface area contributed by atoms with E-state index in [0.29, 0.717) is 6.61 Å². The molecule has 1 aliphatic heterocycles. The van der Waals surface area contributed by atoms with Gasteiger partial charge in [0.25, 0.3) is 0 Å². The molecule has 1 aliphatic rings. The van der Waals surface area contributed by atoms with E-state index >= 15 is 0 Å². The largest absolute Gasteiger partial charge is 0.465 e. The molecule has 2 unspecified atom stereocenters. The fourth-order valence-corrected chi connectivity index (χ4v) is 11.7. The Labute approximate surface area is 389 Å². The van der Waals surface area contributed by atoms with E-state index in [4.69, 9.17) is 9.73 Å². The molecule has 4 aromatic carbocycles. The minimum Gasteiger partial charge on any atom is -0.465 e. The highest BCUT2D eigenvalue weighted by Crippen LogP contribution is 2.51. The molecule has 0 spiro atoms. The van der Waals surface area contributed by atoms with Crippen molar-refractivity contribution >= 4 is 73.8 Å². The van der Waals surface area contributed by atoms with Crippen molar-refractivity contribution in [2.75, 3.05) is 24.6 Å². The number of hydrogen-bond acceptors (Lipinski definition) is 9. The monoisotopic (exact) mass is 898 g/mol. The number of ether oxygens (including phenoxy) is 1. The van der Waals surface area contributed by atoms with Gasteiger partial charge in [0.1, 0.15) is 5.25 Å². The van der Waals surface area contributed by atoms with Crippen molar-refractivity contribution < 1.29 is 9.53 Å². The lowest BCUT2D eigenvalue weighted by molar-refractivity contribution is -0.142. The van der Waals surface area contributed by atoms with Crippen LogP contribution in [0.2, 0.25) is 0 Å². The number of hydrogen-bond donors (Lipinski definition) is 0. The lowest BCUT2D eigenvalue weighted by atomic mass is 9.81. The van der Waals surface area contributed by atoms with E-state index in [1.807, 2.05) is 13.8 Å². The molecule has 0 radical (unpaired) electrons. The predicted octanol–water partition coefficient (Wildman–Crippen LogP) is 15.5. The maximum atomic E-state index is 12.5. The van der Waals surface area contributed by atoms with Crippen LogP contribution in [-0.2, 0) is 14.9 Å². The Bertz CT molecular complexity index is 2470. The first-order chi connectivity index (χ1) is 30.6. The van der Waals surface area contributed by atoms with E-state index in [2.05, 4.69) is 166 Å². The summed E-state index contributed by atoms with van der Waals surface area (Å²) in [6, 6.07) is 28.7. The maximum absolute atomic E-state index is 12.5. The van der Waals surface area contributed by atoms with E-state index in [0.717, 1.165) is 83.8 Å². The Morgan fingerprint density at radius 2 is 1.51 bits per heavy atom. The average molecular weight is 899 g/mol. The van der Waals surface area contributed by atoms with Crippen LogP contribution in [0, 0.1) is 0 Å². The molecule has 2 heterocycles. The van der Waals surface area contributed by atoms with Gasteiger partial charge in [-0.05, 0) is 102 Å². The second-order valence-corrected chi connectivity index (χ2v) is 20.7. The third-order valence-electron chi connectivity index (χ3n) is 11.8. The molecule has 1 aromatic heterocycles. The molecule has 0 fully saturated rings. The summed E-state index contributed by atoms with van der Waals surface area (Å²) in [5, 5.41) is 14.0. The summed E-state index contributed by atoms with van der Waals surface area (Å²) < 4.78 is 6.88. The Morgan fingerprint density at radius 3 is 2.25 bits per heavy atom. The Morgan fingerprint density at radius 1 is 0.810 bits per heavy atom. The van der Waals surface area contributed by atoms with Crippen LogP contribution in [0.1, 0.15) is 124 Å². The molecular formula is C54H66N4O2S3. The molecule has 0 N–H and O–H groups in total. The summed E-state index contributed by atoms with van der Waals surface area (Å²) in [7, 11) is 0. The Hall–Kier alpha value is -4.44. The molecule has 0 amide bonds. The van der Waals surface area contributed by atoms with Crippen LogP contribution in [0.4, 0.5) is 5.69 Å². The zero-order chi connectivity index (χ0) is 44.8. The fraction of sp³-hybridized carbons (Fsp3) is 0.407. The Balaban J connectivity index is 1.45. The molecular weight excluding hydrogens is 833 g/mol. The van der Waals surface area contributed by atoms with Crippen molar-refractivity contribution in [3.8, 4) is 0 Å². The Kier molecular flexibility index (Phi) is 17.9. The van der Waals surface area contributed by atoms with Crippen molar-refractivity contribution in [1.82, 2.24) is 10.2 Å². The number of aromatic nitrogens is 2. The van der Waals surface area contributed by atoms with Crippen LogP contribution < -0.4 is 4.90 Å². The van der Waals surface area contributed by atoms with E-state index in [1.54, 1.807) is 11.8 Å². The third kappa shape index (κ3) is 12.0. The molecule has 9 heteroatoms. The fourth-order valence-electron chi connectivity index (χ4n) is 8.39. The number of fused-ring (bicyclic) bond motifs is 4. The molecule has 0 saturated carbocycles. The normalized spacial score (nSPS) is 16.1. The number of nitrogens with zero attached hydrogens (tertiary/aromatic N) is 4. The molecule has 0 saturated heterocycles. The van der Waals surface area contributed by atoms with Crippen molar-refractivity contribution in [1.29, 1.82) is 0 Å². The lowest BCUT2D eigenvalue weighted by Crippen LogP contribution is -2.27. The number of thioether (sulfide) groups is 2. The van der Waals surface area contributed by atoms with Crippen LogP contribution >= 0.6 is 34.9 Å². The van der Waals surface area contributed by atoms with Gasteiger partial charge in [0.15, 0.2) is 8.68 Å². The van der Waals surface area contributed by atoms with Gasteiger partial charge in [-0.3, -0.25) is 9.79 Å². The van der Waals surface area contributed by atoms with Gasteiger partial charge < -0.3 is 9.64 Å². The number of allylic oxidation sites excluding steroid dienone is 7. The second-order valence-electron chi connectivity index (χ2n) is 16.8. The number of aliphatic imine (C=N–C) groups is 1. The molecule has 2 atom stereocenters. The van der Waals surface area contributed by atoms with E-state index in [1.165, 1.54) is 72.7 Å². The number of rotatable bonds is 22.